The molecule has 2 rings (SSSR count). The first-order valence-electron chi connectivity index (χ1n) is 5.62. The van der Waals surface area contributed by atoms with Crippen LogP contribution in [0.1, 0.15) is 11.1 Å². The van der Waals surface area contributed by atoms with E-state index in [4.69, 9.17) is 5.11 Å². The van der Waals surface area contributed by atoms with Crippen molar-refractivity contribution in [3.05, 3.63) is 58.0 Å². The Hall–Kier alpha value is -2.08. The van der Waals surface area contributed by atoms with E-state index < -0.39 is 5.97 Å². The number of hydrogen-bond acceptors (Lipinski definition) is 4. The largest absolute Gasteiger partial charge is 0.481 e. The summed E-state index contributed by atoms with van der Waals surface area (Å²) in [7, 11) is 0. The molecule has 0 saturated carbocycles. The van der Waals surface area contributed by atoms with Crippen LogP contribution in [0.3, 0.4) is 0 Å². The summed E-state index contributed by atoms with van der Waals surface area (Å²) in [6, 6.07) is 8.71. The van der Waals surface area contributed by atoms with Gasteiger partial charge in [0.05, 0.1) is 6.42 Å². The molecule has 0 bridgehead atoms. The third-order valence-electron chi connectivity index (χ3n) is 2.47. The molecule has 0 aliphatic rings. The number of aromatic amines is 1. The van der Waals surface area contributed by atoms with Crippen LogP contribution in [0.4, 0.5) is 0 Å². The molecule has 6 heteroatoms. The number of nitrogens with zero attached hydrogens (tertiary/aromatic N) is 1. The van der Waals surface area contributed by atoms with Crippen molar-refractivity contribution in [2.45, 2.75) is 17.3 Å². The Balaban J connectivity index is 2.11. The fraction of sp³-hybridized carbons (Fsp3) is 0.154. The molecule has 0 atom stereocenters. The van der Waals surface area contributed by atoms with Crippen molar-refractivity contribution in [2.24, 2.45) is 0 Å². The van der Waals surface area contributed by atoms with E-state index in [0.717, 1.165) is 11.1 Å². The molecule has 2 aromatic rings. The lowest BCUT2D eigenvalue weighted by Crippen LogP contribution is -2.06. The number of carboxylic acid groups (broad SMARTS) is 1. The van der Waals surface area contributed by atoms with Gasteiger partial charge in [-0.1, -0.05) is 36.0 Å². The second-order valence-electron chi connectivity index (χ2n) is 3.87. The van der Waals surface area contributed by atoms with Crippen LogP contribution < -0.4 is 5.56 Å². The van der Waals surface area contributed by atoms with E-state index in [1.807, 2.05) is 18.2 Å². The Morgan fingerprint density at radius 3 is 2.68 bits per heavy atom. The Morgan fingerprint density at radius 2 is 2.00 bits per heavy atom. The number of rotatable bonds is 5. The monoisotopic (exact) mass is 276 g/mol. The van der Waals surface area contributed by atoms with Crippen LogP contribution in [-0.2, 0) is 17.0 Å². The summed E-state index contributed by atoms with van der Waals surface area (Å²) in [4.78, 5) is 28.6. The number of hydrogen-bond donors (Lipinski definition) is 2. The summed E-state index contributed by atoms with van der Waals surface area (Å²) >= 11 is 1.37. The molecule has 2 N–H and O–H groups in total. The van der Waals surface area contributed by atoms with E-state index in [1.165, 1.54) is 24.0 Å². The number of aromatic nitrogens is 2. The molecule has 98 valence electrons. The van der Waals surface area contributed by atoms with Crippen molar-refractivity contribution in [1.29, 1.82) is 0 Å². The minimum atomic E-state index is -0.858. The third kappa shape index (κ3) is 3.96. The number of nitrogens with one attached hydrogen (secondary N) is 1. The molecule has 0 unspecified atom stereocenters. The Bertz CT molecular complexity index is 640. The van der Waals surface area contributed by atoms with Gasteiger partial charge in [-0.05, 0) is 11.1 Å². The van der Waals surface area contributed by atoms with Crippen LogP contribution in [0.15, 0.2) is 46.5 Å². The van der Waals surface area contributed by atoms with Crippen LogP contribution in [-0.4, -0.2) is 21.0 Å². The zero-order valence-electron chi connectivity index (χ0n) is 10.00. The summed E-state index contributed by atoms with van der Waals surface area (Å²) in [5, 5.41) is 9.37. The number of thioether (sulfide) groups is 1. The number of aliphatic carboxylic acids is 1. The first-order valence-corrected chi connectivity index (χ1v) is 6.60. The van der Waals surface area contributed by atoms with Crippen LogP contribution in [0.5, 0.6) is 0 Å². The number of carbonyl (C=O) groups is 1. The average molecular weight is 276 g/mol. The molecule has 19 heavy (non-hydrogen) atoms. The fourth-order valence-corrected chi connectivity index (χ4v) is 2.49. The Morgan fingerprint density at radius 1 is 1.26 bits per heavy atom. The van der Waals surface area contributed by atoms with Gasteiger partial charge < -0.3 is 10.1 Å². The summed E-state index contributed by atoms with van der Waals surface area (Å²) in [5.74, 6) is -0.292. The average Bonchev–Trinajstić information content (AvgIpc) is 2.37. The third-order valence-corrected chi connectivity index (χ3v) is 3.41. The Labute approximate surface area is 113 Å². The molecular weight excluding hydrogens is 264 g/mol. The molecular formula is C13H12N2O3S. The van der Waals surface area contributed by atoms with Crippen molar-refractivity contribution in [1.82, 2.24) is 9.97 Å². The minimum absolute atomic E-state index is 0.00449. The highest BCUT2D eigenvalue weighted by Crippen LogP contribution is 2.21. The first kappa shape index (κ1) is 13.4. The lowest BCUT2D eigenvalue weighted by Gasteiger charge is -2.06. The maximum Gasteiger partial charge on any atom is 0.307 e. The zero-order chi connectivity index (χ0) is 13.7. The van der Waals surface area contributed by atoms with E-state index >= 15 is 0 Å². The van der Waals surface area contributed by atoms with Crippen molar-refractivity contribution in [3.63, 3.8) is 0 Å². The van der Waals surface area contributed by atoms with Gasteiger partial charge >= 0.3 is 5.97 Å². The van der Waals surface area contributed by atoms with Crippen molar-refractivity contribution in [2.75, 3.05) is 0 Å². The van der Waals surface area contributed by atoms with Gasteiger partial charge in [0.15, 0.2) is 5.16 Å². The molecule has 1 aromatic heterocycles. The van der Waals surface area contributed by atoms with Gasteiger partial charge in [0.1, 0.15) is 0 Å². The highest BCUT2D eigenvalue weighted by molar-refractivity contribution is 7.98. The van der Waals surface area contributed by atoms with Gasteiger partial charge in [0.2, 0.25) is 0 Å². The molecule has 0 aliphatic heterocycles. The molecule has 0 aliphatic carbocycles. The maximum atomic E-state index is 11.1. The summed E-state index contributed by atoms with van der Waals surface area (Å²) in [6.45, 7) is 0. The van der Waals surface area contributed by atoms with E-state index in [2.05, 4.69) is 9.97 Å². The van der Waals surface area contributed by atoms with E-state index in [9.17, 15) is 9.59 Å². The lowest BCUT2D eigenvalue weighted by atomic mass is 10.1. The van der Waals surface area contributed by atoms with Crippen LogP contribution in [0.25, 0.3) is 0 Å². The normalized spacial score (nSPS) is 10.3. The van der Waals surface area contributed by atoms with Gasteiger partial charge in [-0.15, -0.1) is 0 Å². The lowest BCUT2D eigenvalue weighted by molar-refractivity contribution is -0.136. The summed E-state index contributed by atoms with van der Waals surface area (Å²) < 4.78 is 0. The minimum Gasteiger partial charge on any atom is -0.481 e. The first-order chi connectivity index (χ1) is 9.15. The molecule has 0 amide bonds. The van der Waals surface area contributed by atoms with Gasteiger partial charge in [-0.25, -0.2) is 4.98 Å². The highest BCUT2D eigenvalue weighted by Gasteiger charge is 2.07. The Kier molecular flexibility index (Phi) is 4.35. The topological polar surface area (TPSA) is 83.0 Å². The van der Waals surface area contributed by atoms with E-state index in [-0.39, 0.29) is 12.0 Å². The molecule has 0 saturated heterocycles. The summed E-state index contributed by atoms with van der Waals surface area (Å²) in [6.07, 6.45) is 1.44. The quantitative estimate of drug-likeness (QED) is 0.641. The molecule has 0 fully saturated rings. The smallest absolute Gasteiger partial charge is 0.307 e. The van der Waals surface area contributed by atoms with Gasteiger partial charge in [0.25, 0.3) is 5.56 Å². The SMILES string of the molecule is O=C(O)Cc1ccccc1CSc1nccc(=O)[nH]1. The predicted octanol–water partition coefficient (Wildman–Crippen LogP) is 1.69. The standard InChI is InChI=1S/C13H12N2O3S/c16-11-5-6-14-13(15-11)19-8-10-4-2-1-3-9(10)7-12(17)18/h1-6H,7-8H2,(H,17,18)(H,14,15,16). The second-order valence-corrected chi connectivity index (χ2v) is 4.83. The molecule has 0 spiro atoms. The number of benzene rings is 1. The van der Waals surface area contributed by atoms with Crippen molar-refractivity contribution < 1.29 is 9.90 Å². The second kappa shape index (κ2) is 6.19. The van der Waals surface area contributed by atoms with Crippen molar-refractivity contribution in [3.8, 4) is 0 Å². The molecule has 0 radical (unpaired) electrons. The molecule has 1 aromatic carbocycles. The maximum absolute atomic E-state index is 11.1. The summed E-state index contributed by atoms with van der Waals surface area (Å²) in [5.41, 5.74) is 1.51. The van der Waals surface area contributed by atoms with Crippen LogP contribution >= 0.6 is 11.8 Å². The van der Waals surface area contributed by atoms with E-state index in [0.29, 0.717) is 10.9 Å². The van der Waals surface area contributed by atoms with Crippen molar-refractivity contribution >= 4 is 17.7 Å². The van der Waals surface area contributed by atoms with Gasteiger partial charge in [-0.3, -0.25) is 9.59 Å². The number of carboxylic acids is 1. The van der Waals surface area contributed by atoms with Gasteiger partial charge in [-0.2, -0.15) is 0 Å². The highest BCUT2D eigenvalue weighted by atomic mass is 32.2. The number of H-pyrrole nitrogens is 1. The fourth-order valence-electron chi connectivity index (χ4n) is 1.61. The molecule has 1 heterocycles. The predicted molar refractivity (Wildman–Crippen MR) is 72.2 cm³/mol. The zero-order valence-corrected chi connectivity index (χ0v) is 10.8. The van der Waals surface area contributed by atoms with Crippen LogP contribution in [0, 0.1) is 0 Å². The van der Waals surface area contributed by atoms with Gasteiger partial charge in [0, 0.05) is 18.0 Å². The van der Waals surface area contributed by atoms with Crippen LogP contribution in [0.2, 0.25) is 0 Å². The molecule has 5 nitrogen and oxygen atoms in total. The van der Waals surface area contributed by atoms with E-state index in [1.54, 1.807) is 6.07 Å².